The summed E-state index contributed by atoms with van der Waals surface area (Å²) < 4.78 is 13.5. The highest BCUT2D eigenvalue weighted by molar-refractivity contribution is 9.10. The first-order valence-electron chi connectivity index (χ1n) is 5.18. The number of likely N-dealkylation sites (N-methyl/N-ethyl adjacent to an activating group) is 2. The molecule has 0 saturated heterocycles. The van der Waals surface area contributed by atoms with E-state index in [-0.39, 0.29) is 12.5 Å². The van der Waals surface area contributed by atoms with Crippen molar-refractivity contribution in [1.82, 2.24) is 5.32 Å². The van der Waals surface area contributed by atoms with Gasteiger partial charge in [-0.15, -0.1) is 0 Å². The SMILES string of the molecule is CCNC(=O)CN(C)c1cc(Br)c(F)cc1N. The molecule has 0 aliphatic heterocycles. The predicted molar refractivity (Wildman–Crippen MR) is 70.5 cm³/mol. The van der Waals surface area contributed by atoms with Crippen LogP contribution in [0.3, 0.4) is 0 Å². The van der Waals surface area contributed by atoms with Gasteiger partial charge in [-0.25, -0.2) is 4.39 Å². The number of hydrogen-bond acceptors (Lipinski definition) is 3. The van der Waals surface area contributed by atoms with Crippen LogP contribution in [0.1, 0.15) is 6.92 Å². The smallest absolute Gasteiger partial charge is 0.239 e. The van der Waals surface area contributed by atoms with Gasteiger partial charge in [-0.05, 0) is 28.9 Å². The van der Waals surface area contributed by atoms with Crippen LogP contribution in [0.4, 0.5) is 15.8 Å². The molecule has 0 unspecified atom stereocenters. The minimum absolute atomic E-state index is 0.102. The normalized spacial score (nSPS) is 10.1. The number of nitrogen functional groups attached to an aromatic ring is 1. The van der Waals surface area contributed by atoms with Crippen molar-refractivity contribution in [3.8, 4) is 0 Å². The molecule has 1 amide bonds. The van der Waals surface area contributed by atoms with Crippen LogP contribution in [0.5, 0.6) is 0 Å². The van der Waals surface area contributed by atoms with Crippen molar-refractivity contribution in [3.05, 3.63) is 22.4 Å². The second kappa shape index (κ2) is 5.86. The average molecular weight is 304 g/mol. The Morgan fingerprint density at radius 1 is 1.59 bits per heavy atom. The molecule has 3 N–H and O–H groups in total. The Labute approximate surface area is 108 Å². The quantitative estimate of drug-likeness (QED) is 0.833. The molecule has 0 spiro atoms. The Morgan fingerprint density at radius 2 is 2.24 bits per heavy atom. The van der Waals surface area contributed by atoms with Crippen molar-refractivity contribution >= 4 is 33.2 Å². The van der Waals surface area contributed by atoms with E-state index in [1.807, 2.05) is 6.92 Å². The Bertz CT molecular complexity index is 425. The van der Waals surface area contributed by atoms with Gasteiger partial charge in [0.05, 0.1) is 22.4 Å². The average Bonchev–Trinajstić information content (AvgIpc) is 2.23. The second-order valence-electron chi connectivity index (χ2n) is 3.63. The minimum atomic E-state index is -0.419. The molecule has 94 valence electrons. The number of halogens is 2. The Balaban J connectivity index is 2.85. The molecular weight excluding hydrogens is 289 g/mol. The summed E-state index contributed by atoms with van der Waals surface area (Å²) in [4.78, 5) is 13.1. The van der Waals surface area contributed by atoms with E-state index in [4.69, 9.17) is 5.73 Å². The highest BCUT2D eigenvalue weighted by Crippen LogP contribution is 2.28. The summed E-state index contributed by atoms with van der Waals surface area (Å²) in [5.41, 5.74) is 6.63. The van der Waals surface area contributed by atoms with E-state index in [0.29, 0.717) is 22.4 Å². The molecule has 0 saturated carbocycles. The van der Waals surface area contributed by atoms with Crippen LogP contribution in [0, 0.1) is 5.82 Å². The van der Waals surface area contributed by atoms with Gasteiger partial charge in [-0.3, -0.25) is 4.79 Å². The van der Waals surface area contributed by atoms with Crippen LogP contribution < -0.4 is 16.0 Å². The molecule has 17 heavy (non-hydrogen) atoms. The number of nitrogens with two attached hydrogens (primary N) is 1. The third-order valence-corrected chi connectivity index (χ3v) is 2.84. The predicted octanol–water partition coefficient (Wildman–Crippen LogP) is 1.74. The topological polar surface area (TPSA) is 58.4 Å². The second-order valence-corrected chi connectivity index (χ2v) is 4.49. The molecule has 1 aromatic carbocycles. The number of nitrogens with one attached hydrogen (secondary N) is 1. The van der Waals surface area contributed by atoms with Crippen molar-refractivity contribution in [1.29, 1.82) is 0 Å². The van der Waals surface area contributed by atoms with Gasteiger partial charge < -0.3 is 16.0 Å². The van der Waals surface area contributed by atoms with Crippen molar-refractivity contribution in [2.45, 2.75) is 6.92 Å². The number of hydrogen-bond donors (Lipinski definition) is 2. The van der Waals surface area contributed by atoms with Crippen LogP contribution in [-0.2, 0) is 4.79 Å². The molecular formula is C11H15BrFN3O. The van der Waals surface area contributed by atoms with E-state index in [1.165, 1.54) is 6.07 Å². The number of carbonyl (C=O) groups is 1. The van der Waals surface area contributed by atoms with E-state index in [9.17, 15) is 9.18 Å². The van der Waals surface area contributed by atoms with Crippen LogP contribution in [0.25, 0.3) is 0 Å². The largest absolute Gasteiger partial charge is 0.397 e. The first kappa shape index (κ1) is 13.8. The van der Waals surface area contributed by atoms with Crippen LogP contribution in [0.15, 0.2) is 16.6 Å². The number of nitrogens with zero attached hydrogens (tertiary/aromatic N) is 1. The van der Waals surface area contributed by atoms with Crippen LogP contribution in [0.2, 0.25) is 0 Å². The van der Waals surface area contributed by atoms with E-state index in [0.717, 1.165) is 0 Å². The summed E-state index contributed by atoms with van der Waals surface area (Å²) in [6.07, 6.45) is 0. The van der Waals surface area contributed by atoms with Gasteiger partial charge >= 0.3 is 0 Å². The van der Waals surface area contributed by atoms with Crippen molar-refractivity contribution < 1.29 is 9.18 Å². The Hall–Kier alpha value is -1.30. The van der Waals surface area contributed by atoms with Gasteiger partial charge in [-0.2, -0.15) is 0 Å². The minimum Gasteiger partial charge on any atom is -0.397 e. The lowest BCUT2D eigenvalue weighted by atomic mass is 10.2. The summed E-state index contributed by atoms with van der Waals surface area (Å²) >= 11 is 3.09. The van der Waals surface area contributed by atoms with Gasteiger partial charge in [0.15, 0.2) is 0 Å². The summed E-state index contributed by atoms with van der Waals surface area (Å²) in [6, 6.07) is 2.79. The number of benzene rings is 1. The molecule has 0 bridgehead atoms. The molecule has 0 aliphatic carbocycles. The molecule has 1 aromatic rings. The fourth-order valence-corrected chi connectivity index (χ4v) is 1.77. The summed E-state index contributed by atoms with van der Waals surface area (Å²) in [5.74, 6) is -0.521. The zero-order chi connectivity index (χ0) is 13.0. The zero-order valence-corrected chi connectivity index (χ0v) is 11.3. The summed E-state index contributed by atoms with van der Waals surface area (Å²) in [5, 5.41) is 2.68. The molecule has 0 fully saturated rings. The maximum Gasteiger partial charge on any atom is 0.239 e. The molecule has 0 aromatic heterocycles. The molecule has 4 nitrogen and oxygen atoms in total. The van der Waals surface area contributed by atoms with Gasteiger partial charge in [0.1, 0.15) is 5.82 Å². The highest BCUT2D eigenvalue weighted by Gasteiger charge is 2.12. The fraction of sp³-hybridized carbons (Fsp3) is 0.364. The van der Waals surface area contributed by atoms with Crippen molar-refractivity contribution in [2.24, 2.45) is 0 Å². The maximum atomic E-state index is 13.2. The zero-order valence-electron chi connectivity index (χ0n) is 9.76. The molecule has 0 heterocycles. The lowest BCUT2D eigenvalue weighted by Crippen LogP contribution is -2.35. The van der Waals surface area contributed by atoms with E-state index in [1.54, 1.807) is 18.0 Å². The van der Waals surface area contributed by atoms with Crippen LogP contribution >= 0.6 is 15.9 Å². The first-order valence-corrected chi connectivity index (χ1v) is 5.97. The third-order valence-electron chi connectivity index (χ3n) is 2.24. The third kappa shape index (κ3) is 3.59. The number of carbonyl (C=O) groups excluding carboxylic acids is 1. The van der Waals surface area contributed by atoms with Gasteiger partial charge in [-0.1, -0.05) is 0 Å². The van der Waals surface area contributed by atoms with Crippen molar-refractivity contribution in [3.63, 3.8) is 0 Å². The Kier molecular flexibility index (Phi) is 4.74. The maximum absolute atomic E-state index is 13.2. The number of anilines is 2. The number of amides is 1. The van der Waals surface area contributed by atoms with E-state index in [2.05, 4.69) is 21.2 Å². The molecule has 0 radical (unpaired) electrons. The van der Waals surface area contributed by atoms with E-state index < -0.39 is 5.82 Å². The monoisotopic (exact) mass is 303 g/mol. The summed E-state index contributed by atoms with van der Waals surface area (Å²) in [6.45, 7) is 2.60. The highest BCUT2D eigenvalue weighted by atomic mass is 79.9. The van der Waals surface area contributed by atoms with Gasteiger partial charge in [0.2, 0.25) is 5.91 Å². The lowest BCUT2D eigenvalue weighted by molar-refractivity contribution is -0.119. The standard InChI is InChI=1S/C11H15BrFN3O/c1-3-15-11(17)6-16(2)10-4-7(12)8(13)5-9(10)14/h4-5H,3,6,14H2,1-2H3,(H,15,17). The van der Waals surface area contributed by atoms with Crippen LogP contribution in [-0.4, -0.2) is 26.0 Å². The van der Waals surface area contributed by atoms with E-state index >= 15 is 0 Å². The molecule has 1 rings (SSSR count). The molecule has 0 atom stereocenters. The van der Waals surface area contributed by atoms with Gasteiger partial charge in [0, 0.05) is 19.7 Å². The first-order chi connectivity index (χ1) is 7.95. The summed E-state index contributed by atoms with van der Waals surface area (Å²) in [7, 11) is 1.73. The number of rotatable bonds is 4. The fourth-order valence-electron chi connectivity index (χ4n) is 1.44. The lowest BCUT2D eigenvalue weighted by Gasteiger charge is -2.20. The molecule has 0 aliphatic rings. The molecule has 6 heteroatoms. The van der Waals surface area contributed by atoms with Gasteiger partial charge in [0.25, 0.3) is 0 Å². The van der Waals surface area contributed by atoms with Crippen molar-refractivity contribution in [2.75, 3.05) is 30.8 Å². The Morgan fingerprint density at radius 3 is 2.82 bits per heavy atom.